The van der Waals surface area contributed by atoms with Gasteiger partial charge in [-0.2, -0.15) is 0 Å². The van der Waals surface area contributed by atoms with E-state index in [-0.39, 0.29) is 10.6 Å². The topological polar surface area (TPSA) is 77.5 Å². The third kappa shape index (κ3) is 4.18. The molecule has 0 bridgehead atoms. The second-order valence-electron chi connectivity index (χ2n) is 9.74. The number of rotatable bonds is 6. The highest BCUT2D eigenvalue weighted by Crippen LogP contribution is 2.65. The average Bonchev–Trinajstić information content (AvgIpc) is 3.23. The van der Waals surface area contributed by atoms with E-state index >= 15 is 9.13 Å². The van der Waals surface area contributed by atoms with Crippen molar-refractivity contribution in [2.45, 2.75) is 27.7 Å². The van der Waals surface area contributed by atoms with Gasteiger partial charge in [-0.3, -0.25) is 0 Å². The standard InChI is InChI=1S/C32H28O5P2/c1-21-13-5-9-17-25(21)38(35,26-18-10-6-14-22(26)2)29-30(32(34)37-31(29)33)39(36,27-19-11-7-15-23(27)3)28-20-12-8-16-24(28)4/h5-20H,1-4H3. The Labute approximate surface area is 228 Å². The minimum Gasteiger partial charge on any atom is -0.385 e. The lowest BCUT2D eigenvalue weighted by molar-refractivity contribution is -0.150. The molecule has 0 unspecified atom stereocenters. The van der Waals surface area contributed by atoms with Gasteiger partial charge < -0.3 is 13.9 Å². The lowest BCUT2D eigenvalue weighted by Gasteiger charge is -2.26. The van der Waals surface area contributed by atoms with Crippen molar-refractivity contribution in [3.63, 3.8) is 0 Å². The van der Waals surface area contributed by atoms with Crippen LogP contribution in [0.4, 0.5) is 0 Å². The quantitative estimate of drug-likeness (QED) is 0.178. The molecule has 0 saturated carbocycles. The first-order chi connectivity index (χ1) is 18.6. The van der Waals surface area contributed by atoms with Gasteiger partial charge >= 0.3 is 11.9 Å². The highest BCUT2D eigenvalue weighted by molar-refractivity contribution is 7.87. The van der Waals surface area contributed by atoms with Gasteiger partial charge in [0, 0.05) is 21.2 Å². The maximum atomic E-state index is 15.7. The van der Waals surface area contributed by atoms with E-state index in [1.165, 1.54) is 0 Å². The number of ether oxygens (including phenoxy) is 1. The molecule has 0 saturated heterocycles. The molecular weight excluding hydrogens is 526 g/mol. The Morgan fingerprint density at radius 1 is 0.436 bits per heavy atom. The van der Waals surface area contributed by atoms with Crippen LogP contribution in [-0.4, -0.2) is 11.9 Å². The molecular formula is C32H28O5P2. The van der Waals surface area contributed by atoms with Gasteiger partial charge in [0.25, 0.3) is 0 Å². The van der Waals surface area contributed by atoms with Crippen LogP contribution < -0.4 is 21.2 Å². The monoisotopic (exact) mass is 554 g/mol. The Bertz CT molecular complexity index is 1550. The van der Waals surface area contributed by atoms with E-state index in [1.807, 2.05) is 76.2 Å². The van der Waals surface area contributed by atoms with Crippen LogP contribution in [0.2, 0.25) is 0 Å². The fourth-order valence-electron chi connectivity index (χ4n) is 5.34. The summed E-state index contributed by atoms with van der Waals surface area (Å²) >= 11 is 0. The van der Waals surface area contributed by atoms with Crippen LogP contribution in [0, 0.1) is 27.7 Å². The summed E-state index contributed by atoms with van der Waals surface area (Å²) in [7, 11) is -8.10. The number of carbonyl (C=O) groups is 2. The van der Waals surface area contributed by atoms with Gasteiger partial charge in [-0.15, -0.1) is 0 Å². The predicted octanol–water partition coefficient (Wildman–Crippen LogP) is 5.54. The van der Waals surface area contributed by atoms with Crippen molar-refractivity contribution >= 4 is 47.4 Å². The SMILES string of the molecule is Cc1ccccc1P(=O)(C1=C(P(=O)(c2ccccc2C)c2ccccc2C)C(=O)OC1=O)c1ccccc1C. The first kappa shape index (κ1) is 26.8. The number of hydrogen-bond donors (Lipinski definition) is 0. The number of carbonyl (C=O) groups excluding carboxylic acids is 2. The Kier molecular flexibility index (Phi) is 6.93. The van der Waals surface area contributed by atoms with Crippen LogP contribution in [0.5, 0.6) is 0 Å². The lowest BCUT2D eigenvalue weighted by Crippen LogP contribution is -2.27. The van der Waals surface area contributed by atoms with E-state index < -0.39 is 26.2 Å². The summed E-state index contributed by atoms with van der Waals surface area (Å²) in [5, 5.41) is 0.982. The third-order valence-corrected chi connectivity index (χ3v) is 14.2. The summed E-state index contributed by atoms with van der Waals surface area (Å²) < 4.78 is 36.6. The zero-order valence-electron chi connectivity index (χ0n) is 22.2. The van der Waals surface area contributed by atoms with Gasteiger partial charge in [-0.05, 0) is 49.9 Å². The molecule has 1 heterocycles. The second-order valence-corrected chi connectivity index (χ2v) is 15.0. The van der Waals surface area contributed by atoms with Crippen molar-refractivity contribution < 1.29 is 23.5 Å². The summed E-state index contributed by atoms with van der Waals surface area (Å²) in [6, 6.07) is 28.3. The van der Waals surface area contributed by atoms with Crippen LogP contribution in [0.1, 0.15) is 22.3 Å². The molecule has 5 nitrogen and oxygen atoms in total. The van der Waals surface area contributed by atoms with Crippen molar-refractivity contribution in [1.82, 2.24) is 0 Å². The van der Waals surface area contributed by atoms with Crippen molar-refractivity contribution in [1.29, 1.82) is 0 Å². The fraction of sp³-hybridized carbons (Fsp3) is 0.125. The lowest BCUT2D eigenvalue weighted by atomic mass is 10.2. The van der Waals surface area contributed by atoms with E-state index in [2.05, 4.69) is 0 Å². The molecule has 0 aliphatic carbocycles. The molecule has 4 aromatic rings. The zero-order valence-corrected chi connectivity index (χ0v) is 24.0. The summed E-state index contributed by atoms with van der Waals surface area (Å²) in [6.07, 6.45) is 0. The Morgan fingerprint density at radius 2 is 0.667 bits per heavy atom. The molecule has 196 valence electrons. The second kappa shape index (κ2) is 10.1. The predicted molar refractivity (Wildman–Crippen MR) is 157 cm³/mol. The maximum absolute atomic E-state index is 15.7. The highest BCUT2D eigenvalue weighted by Gasteiger charge is 2.54. The van der Waals surface area contributed by atoms with Gasteiger partial charge in [0.1, 0.15) is 10.6 Å². The van der Waals surface area contributed by atoms with Crippen LogP contribution in [0.15, 0.2) is 108 Å². The van der Waals surface area contributed by atoms with Gasteiger partial charge in [0.2, 0.25) is 0 Å². The number of hydrogen-bond acceptors (Lipinski definition) is 5. The molecule has 0 atom stereocenters. The molecule has 4 aromatic carbocycles. The molecule has 0 N–H and O–H groups in total. The summed E-state index contributed by atoms with van der Waals surface area (Å²) in [6.45, 7) is 7.24. The first-order valence-electron chi connectivity index (χ1n) is 12.6. The van der Waals surface area contributed by atoms with Gasteiger partial charge in [0.05, 0.1) is 0 Å². The van der Waals surface area contributed by atoms with Crippen molar-refractivity contribution in [2.24, 2.45) is 0 Å². The fourth-order valence-corrected chi connectivity index (χ4v) is 12.5. The molecule has 5 rings (SSSR count). The van der Waals surface area contributed by atoms with Crippen molar-refractivity contribution in [3.8, 4) is 0 Å². The van der Waals surface area contributed by atoms with Gasteiger partial charge in [-0.25, -0.2) is 9.59 Å². The van der Waals surface area contributed by atoms with E-state index in [9.17, 15) is 9.59 Å². The highest BCUT2D eigenvalue weighted by atomic mass is 31.2. The number of esters is 2. The summed E-state index contributed by atoms with van der Waals surface area (Å²) in [5.74, 6) is -2.04. The Balaban J connectivity index is 2.01. The van der Waals surface area contributed by atoms with E-state index in [4.69, 9.17) is 4.74 Å². The minimum absolute atomic E-state index is 0.314. The molecule has 39 heavy (non-hydrogen) atoms. The first-order valence-corrected chi connectivity index (χ1v) is 16.0. The normalized spacial score (nSPS) is 14.1. The Hall–Kier alpha value is -3.78. The number of aryl methyl sites for hydroxylation is 4. The average molecular weight is 555 g/mol. The van der Waals surface area contributed by atoms with Crippen LogP contribution in [-0.2, 0) is 23.5 Å². The van der Waals surface area contributed by atoms with E-state index in [0.717, 1.165) is 0 Å². The maximum Gasteiger partial charge on any atom is 0.351 e. The third-order valence-electron chi connectivity index (χ3n) is 7.25. The summed E-state index contributed by atoms with van der Waals surface area (Å²) in [5.41, 5.74) is 2.74. The van der Waals surface area contributed by atoms with E-state index in [1.54, 1.807) is 48.5 Å². The Morgan fingerprint density at radius 3 is 0.897 bits per heavy atom. The van der Waals surface area contributed by atoms with Gasteiger partial charge in [-0.1, -0.05) is 97.1 Å². The minimum atomic E-state index is -4.05. The van der Waals surface area contributed by atoms with Gasteiger partial charge in [0.15, 0.2) is 14.3 Å². The molecule has 0 aromatic heterocycles. The molecule has 0 fully saturated rings. The van der Waals surface area contributed by atoms with Crippen LogP contribution in [0.3, 0.4) is 0 Å². The van der Waals surface area contributed by atoms with Crippen molar-refractivity contribution in [2.75, 3.05) is 0 Å². The van der Waals surface area contributed by atoms with Crippen molar-refractivity contribution in [3.05, 3.63) is 130 Å². The van der Waals surface area contributed by atoms with Crippen LogP contribution in [0.25, 0.3) is 0 Å². The van der Waals surface area contributed by atoms with Crippen LogP contribution >= 0.6 is 14.3 Å². The largest absolute Gasteiger partial charge is 0.385 e. The molecule has 0 amide bonds. The molecule has 1 aliphatic rings. The molecule has 7 heteroatoms. The number of cyclic esters (lactones) is 2. The summed E-state index contributed by atoms with van der Waals surface area (Å²) in [4.78, 5) is 27.4. The van der Waals surface area contributed by atoms with E-state index in [0.29, 0.717) is 43.5 Å². The molecule has 0 radical (unpaired) electrons. The zero-order chi connectivity index (χ0) is 27.9. The number of benzene rings is 4. The smallest absolute Gasteiger partial charge is 0.351 e. The molecule has 0 spiro atoms. The molecule has 1 aliphatic heterocycles.